The lowest BCUT2D eigenvalue weighted by atomic mass is 10.3. The van der Waals surface area contributed by atoms with Crippen LogP contribution in [0.1, 0.15) is 6.92 Å². The molecule has 0 aliphatic heterocycles. The molecule has 5 nitrogen and oxygen atoms in total. The van der Waals surface area contributed by atoms with E-state index in [9.17, 15) is 9.59 Å². The molecule has 0 aliphatic carbocycles. The first-order valence-corrected chi connectivity index (χ1v) is 5.58. The van der Waals surface area contributed by atoms with E-state index in [1.54, 1.807) is 24.3 Å². The molecule has 0 spiro atoms. The van der Waals surface area contributed by atoms with Gasteiger partial charge < -0.3 is 14.8 Å². The Hall–Kier alpha value is -1.95. The average molecular weight is 267 g/mol. The Morgan fingerprint density at radius 1 is 1.28 bits per heavy atom. The molecule has 1 aromatic carbocycles. The van der Waals surface area contributed by atoms with Crippen LogP contribution in [-0.4, -0.2) is 30.4 Å². The van der Waals surface area contributed by atoms with E-state index in [1.165, 1.54) is 14.0 Å². The van der Waals surface area contributed by atoms with E-state index in [0.29, 0.717) is 11.5 Å². The molecule has 0 fully saturated rings. The Morgan fingerprint density at radius 2 is 1.89 bits per heavy atom. The predicted molar refractivity (Wildman–Crippen MR) is 69.9 cm³/mol. The van der Waals surface area contributed by atoms with Gasteiger partial charge in [-0.25, -0.2) is 4.79 Å². The van der Waals surface area contributed by atoms with E-state index in [4.69, 9.17) is 9.47 Å². The van der Waals surface area contributed by atoms with E-state index in [1.807, 2.05) is 0 Å². The fourth-order valence-electron chi connectivity index (χ4n) is 1.14. The summed E-state index contributed by atoms with van der Waals surface area (Å²) in [7, 11) is 1.48. The van der Waals surface area contributed by atoms with Gasteiger partial charge in [0, 0.05) is 0 Å². The summed E-state index contributed by atoms with van der Waals surface area (Å²) in [6, 6.07) is 6.74. The first kappa shape index (κ1) is 14.1. The van der Waals surface area contributed by atoms with Crippen LogP contribution in [0.3, 0.4) is 0 Å². The molecule has 0 unspecified atom stereocenters. The molecular formula is C12H13NO4S. The molecule has 1 rings (SSSR count). The van der Waals surface area contributed by atoms with Gasteiger partial charge in [-0.05, 0) is 19.1 Å². The molecule has 1 amide bonds. The quantitative estimate of drug-likeness (QED) is 0.492. The molecule has 6 heteroatoms. The Labute approximate surface area is 110 Å². The van der Waals surface area contributed by atoms with Crippen molar-refractivity contribution in [3.05, 3.63) is 24.3 Å². The van der Waals surface area contributed by atoms with Crippen LogP contribution in [0.25, 0.3) is 0 Å². The third kappa shape index (κ3) is 4.14. The van der Waals surface area contributed by atoms with E-state index < -0.39 is 11.9 Å². The minimum absolute atomic E-state index is 0.167. The summed E-state index contributed by atoms with van der Waals surface area (Å²) in [5.41, 5.74) is 0. The number of esters is 1. The number of carbonyl (C=O) groups excluding carboxylic acids is 2. The highest BCUT2D eigenvalue weighted by Crippen LogP contribution is 2.25. The Morgan fingerprint density at radius 3 is 2.44 bits per heavy atom. The lowest BCUT2D eigenvalue weighted by Gasteiger charge is -2.09. The van der Waals surface area contributed by atoms with Crippen LogP contribution in [0.15, 0.2) is 24.3 Å². The highest BCUT2D eigenvalue weighted by molar-refractivity contribution is 7.82. The summed E-state index contributed by atoms with van der Waals surface area (Å²) in [4.78, 5) is 22.8. The summed E-state index contributed by atoms with van der Waals surface area (Å²) in [6.07, 6.45) is 0. The Bertz CT molecular complexity index is 473. The number of rotatable bonds is 5. The zero-order chi connectivity index (χ0) is 13.5. The molecule has 0 saturated carbocycles. The lowest BCUT2D eigenvalue weighted by molar-refractivity contribution is -0.134. The topological polar surface area (TPSA) is 64.6 Å². The number of thiocarbonyl (C=S) groups is 1. The zero-order valence-electron chi connectivity index (χ0n) is 10.1. The SMILES string of the molecule is COc1ccccc1OC(=O)CNC(=O)C(C)=S. The molecule has 0 atom stereocenters. The number of amides is 1. The van der Waals surface area contributed by atoms with Gasteiger partial charge in [-0.15, -0.1) is 0 Å². The van der Waals surface area contributed by atoms with Crippen molar-refractivity contribution < 1.29 is 19.1 Å². The molecule has 1 aromatic rings. The van der Waals surface area contributed by atoms with Crippen LogP contribution in [0, 0.1) is 0 Å². The van der Waals surface area contributed by atoms with Crippen LogP contribution in [0.5, 0.6) is 11.5 Å². The largest absolute Gasteiger partial charge is 0.493 e. The standard InChI is InChI=1S/C12H13NO4S/c1-8(18)12(15)13-7-11(14)17-10-6-4-3-5-9(10)16-2/h3-6H,7H2,1-2H3,(H,13,15). The van der Waals surface area contributed by atoms with E-state index in [0.717, 1.165) is 0 Å². The van der Waals surface area contributed by atoms with Crippen molar-refractivity contribution in [2.75, 3.05) is 13.7 Å². The highest BCUT2D eigenvalue weighted by Gasteiger charge is 2.11. The van der Waals surface area contributed by atoms with Gasteiger partial charge in [0.15, 0.2) is 11.5 Å². The molecule has 18 heavy (non-hydrogen) atoms. The van der Waals surface area contributed by atoms with Gasteiger partial charge in [0.25, 0.3) is 5.91 Å². The normalized spacial score (nSPS) is 9.44. The number of benzene rings is 1. The van der Waals surface area contributed by atoms with E-state index in [2.05, 4.69) is 17.5 Å². The third-order valence-electron chi connectivity index (χ3n) is 2.01. The minimum Gasteiger partial charge on any atom is -0.493 e. The maximum absolute atomic E-state index is 11.5. The van der Waals surface area contributed by atoms with Crippen LogP contribution >= 0.6 is 12.2 Å². The van der Waals surface area contributed by atoms with E-state index >= 15 is 0 Å². The highest BCUT2D eigenvalue weighted by atomic mass is 32.1. The number of ether oxygens (including phenoxy) is 2. The van der Waals surface area contributed by atoms with Crippen LogP contribution < -0.4 is 14.8 Å². The van der Waals surface area contributed by atoms with Crippen LogP contribution in [0.2, 0.25) is 0 Å². The van der Waals surface area contributed by atoms with Crippen molar-refractivity contribution in [3.8, 4) is 11.5 Å². The average Bonchev–Trinajstić information content (AvgIpc) is 2.36. The zero-order valence-corrected chi connectivity index (χ0v) is 10.9. The summed E-state index contributed by atoms with van der Waals surface area (Å²) in [6.45, 7) is 1.24. The second-order valence-corrected chi connectivity index (χ2v) is 3.98. The van der Waals surface area contributed by atoms with Crippen molar-refractivity contribution in [2.45, 2.75) is 6.92 Å². The number of hydrogen-bond donors (Lipinski definition) is 1. The molecule has 0 aromatic heterocycles. The minimum atomic E-state index is -0.593. The molecule has 0 heterocycles. The first-order valence-electron chi connectivity index (χ1n) is 5.17. The second kappa shape index (κ2) is 6.70. The number of hydrogen-bond acceptors (Lipinski definition) is 5. The number of carbonyl (C=O) groups is 2. The summed E-state index contributed by atoms with van der Waals surface area (Å²) >= 11 is 4.66. The fourth-order valence-corrected chi connectivity index (χ4v) is 1.21. The van der Waals surface area contributed by atoms with Gasteiger partial charge in [0.05, 0.1) is 12.0 Å². The molecule has 96 valence electrons. The Balaban J connectivity index is 2.54. The van der Waals surface area contributed by atoms with Crippen molar-refractivity contribution in [1.82, 2.24) is 5.32 Å². The van der Waals surface area contributed by atoms with Crippen LogP contribution in [-0.2, 0) is 9.59 Å². The number of methoxy groups -OCH3 is 1. The maximum Gasteiger partial charge on any atom is 0.330 e. The fraction of sp³-hybridized carbons (Fsp3) is 0.250. The molecule has 0 bridgehead atoms. The molecule has 0 radical (unpaired) electrons. The van der Waals surface area contributed by atoms with Gasteiger partial charge in [0.1, 0.15) is 6.54 Å². The lowest BCUT2D eigenvalue weighted by Crippen LogP contribution is -2.34. The molecule has 0 aliphatic rings. The monoisotopic (exact) mass is 267 g/mol. The summed E-state index contributed by atoms with van der Waals surface area (Å²) in [5, 5.41) is 2.34. The molecule has 1 N–H and O–H groups in total. The molecule has 0 saturated heterocycles. The Kier molecular flexibility index (Phi) is 5.26. The van der Waals surface area contributed by atoms with Crippen molar-refractivity contribution in [1.29, 1.82) is 0 Å². The van der Waals surface area contributed by atoms with Gasteiger partial charge in [0.2, 0.25) is 0 Å². The van der Waals surface area contributed by atoms with Crippen molar-refractivity contribution in [3.63, 3.8) is 0 Å². The van der Waals surface area contributed by atoms with Gasteiger partial charge in [-0.2, -0.15) is 0 Å². The number of para-hydroxylation sites is 2. The van der Waals surface area contributed by atoms with Gasteiger partial charge in [-0.1, -0.05) is 24.4 Å². The van der Waals surface area contributed by atoms with Crippen molar-refractivity contribution in [2.24, 2.45) is 0 Å². The first-order chi connectivity index (χ1) is 8.54. The number of nitrogens with one attached hydrogen (secondary N) is 1. The van der Waals surface area contributed by atoms with Gasteiger partial charge in [-0.3, -0.25) is 4.79 Å². The van der Waals surface area contributed by atoms with E-state index in [-0.39, 0.29) is 11.4 Å². The van der Waals surface area contributed by atoms with Crippen molar-refractivity contribution >= 4 is 29.0 Å². The molecular weight excluding hydrogens is 254 g/mol. The predicted octanol–water partition coefficient (Wildman–Crippen LogP) is 1.11. The van der Waals surface area contributed by atoms with Gasteiger partial charge >= 0.3 is 5.97 Å². The van der Waals surface area contributed by atoms with Crippen LogP contribution in [0.4, 0.5) is 0 Å². The third-order valence-corrected chi connectivity index (χ3v) is 2.19. The smallest absolute Gasteiger partial charge is 0.330 e. The maximum atomic E-state index is 11.5. The summed E-state index contributed by atoms with van der Waals surface area (Å²) < 4.78 is 10.1. The summed E-state index contributed by atoms with van der Waals surface area (Å²) in [5.74, 6) is -0.299. The second-order valence-electron chi connectivity index (χ2n) is 3.36.